The van der Waals surface area contributed by atoms with Crippen molar-refractivity contribution in [1.29, 1.82) is 0 Å². The molecule has 2 aromatic heterocycles. The van der Waals surface area contributed by atoms with Crippen LogP contribution in [-0.2, 0) is 0 Å². The van der Waals surface area contributed by atoms with Crippen molar-refractivity contribution in [2.45, 2.75) is 32.7 Å². The fraction of sp³-hybridized carbons (Fsp3) is 0.286. The van der Waals surface area contributed by atoms with Crippen molar-refractivity contribution in [1.82, 2.24) is 15.0 Å². The predicted molar refractivity (Wildman–Crippen MR) is 103 cm³/mol. The quantitative estimate of drug-likeness (QED) is 0.784. The minimum Gasteiger partial charge on any atom is -0.350 e. The summed E-state index contributed by atoms with van der Waals surface area (Å²) in [6.45, 7) is 4.64. The molecular weight excluding hydrogens is 324 g/mol. The molecular formula is C21H22N4O. The van der Waals surface area contributed by atoms with E-state index < -0.39 is 0 Å². The summed E-state index contributed by atoms with van der Waals surface area (Å²) in [4.78, 5) is 26.3. The highest BCUT2D eigenvalue weighted by molar-refractivity contribution is 5.57. The van der Waals surface area contributed by atoms with Crippen molar-refractivity contribution in [2.75, 3.05) is 11.4 Å². The van der Waals surface area contributed by atoms with Crippen molar-refractivity contribution >= 4 is 5.82 Å². The zero-order chi connectivity index (χ0) is 18.1. The van der Waals surface area contributed by atoms with Crippen molar-refractivity contribution in [3.05, 3.63) is 75.8 Å². The zero-order valence-corrected chi connectivity index (χ0v) is 15.1. The molecule has 3 heterocycles. The maximum atomic E-state index is 12.0. The van der Waals surface area contributed by atoms with Crippen molar-refractivity contribution in [3.63, 3.8) is 0 Å². The first kappa shape index (κ1) is 16.5. The number of aromatic nitrogens is 3. The summed E-state index contributed by atoms with van der Waals surface area (Å²) in [5.41, 5.74) is 3.46. The Bertz CT molecular complexity index is 964. The largest absolute Gasteiger partial charge is 0.350 e. The van der Waals surface area contributed by atoms with Gasteiger partial charge in [0.15, 0.2) is 0 Å². The predicted octanol–water partition coefficient (Wildman–Crippen LogP) is 3.79. The molecule has 5 nitrogen and oxygen atoms in total. The minimum atomic E-state index is -0.0970. The summed E-state index contributed by atoms with van der Waals surface area (Å²) in [7, 11) is 0. The number of anilines is 1. The topological polar surface area (TPSA) is 61.9 Å². The van der Waals surface area contributed by atoms with Crippen molar-refractivity contribution < 1.29 is 0 Å². The summed E-state index contributed by atoms with van der Waals surface area (Å²) in [6.07, 6.45) is 4.09. The molecule has 1 aliphatic heterocycles. The molecule has 1 atom stereocenters. The average Bonchev–Trinajstić information content (AvgIpc) is 3.16. The highest BCUT2D eigenvalue weighted by Crippen LogP contribution is 2.35. The normalized spacial score (nSPS) is 16.8. The summed E-state index contributed by atoms with van der Waals surface area (Å²) in [6, 6.07) is 15.0. The number of H-pyrrole nitrogens is 1. The molecule has 1 N–H and O–H groups in total. The first-order valence-corrected chi connectivity index (χ1v) is 8.99. The number of aryl methyl sites for hydroxylation is 1. The minimum absolute atomic E-state index is 0.0970. The maximum absolute atomic E-state index is 12.0. The van der Waals surface area contributed by atoms with Gasteiger partial charge in [-0.3, -0.25) is 4.79 Å². The lowest BCUT2D eigenvalue weighted by atomic mass is 10.0. The van der Waals surface area contributed by atoms with E-state index in [-0.39, 0.29) is 5.56 Å². The van der Waals surface area contributed by atoms with Gasteiger partial charge in [0.2, 0.25) is 0 Å². The molecule has 1 fully saturated rings. The number of rotatable bonds is 3. The Labute approximate surface area is 152 Å². The summed E-state index contributed by atoms with van der Waals surface area (Å²) in [5, 5.41) is 0. The molecule has 0 amide bonds. The van der Waals surface area contributed by atoms with E-state index in [0.717, 1.165) is 36.5 Å². The van der Waals surface area contributed by atoms with Gasteiger partial charge in [-0.2, -0.15) is 0 Å². The van der Waals surface area contributed by atoms with Crippen LogP contribution in [-0.4, -0.2) is 21.5 Å². The van der Waals surface area contributed by atoms with E-state index in [1.807, 2.05) is 25.1 Å². The Kier molecular flexibility index (Phi) is 4.29. The number of aromatic amines is 1. The molecule has 3 aromatic rings. The second-order valence-electron chi connectivity index (χ2n) is 6.79. The molecule has 26 heavy (non-hydrogen) atoms. The van der Waals surface area contributed by atoms with E-state index in [1.54, 1.807) is 13.1 Å². The third kappa shape index (κ3) is 3.01. The molecule has 132 valence electrons. The molecule has 5 heteroatoms. The van der Waals surface area contributed by atoms with Gasteiger partial charge in [-0.1, -0.05) is 30.3 Å². The Balaban J connectivity index is 1.63. The SMILES string of the molecule is Cc1nc(-c2ccc(N3CCCC3c3ccccc3)nc2)[nH]c(=O)c1C. The van der Waals surface area contributed by atoms with Crippen LogP contribution in [0.5, 0.6) is 0 Å². The second kappa shape index (κ2) is 6.75. The summed E-state index contributed by atoms with van der Waals surface area (Å²) < 4.78 is 0. The highest BCUT2D eigenvalue weighted by atomic mass is 16.1. The lowest BCUT2D eigenvalue weighted by Gasteiger charge is -2.26. The standard InChI is InChI=1S/C21H22N4O/c1-14-15(2)23-20(24-21(14)26)17-10-11-19(22-13-17)25-12-6-9-18(25)16-7-4-3-5-8-16/h3-5,7-8,10-11,13,18H,6,9,12H2,1-2H3,(H,23,24,26). The van der Waals surface area contributed by atoms with E-state index in [1.165, 1.54) is 5.56 Å². The number of pyridine rings is 1. The van der Waals surface area contributed by atoms with Gasteiger partial charge < -0.3 is 9.88 Å². The van der Waals surface area contributed by atoms with Gasteiger partial charge in [-0.25, -0.2) is 9.97 Å². The molecule has 1 unspecified atom stereocenters. The van der Waals surface area contributed by atoms with Gasteiger partial charge in [-0.15, -0.1) is 0 Å². The van der Waals surface area contributed by atoms with Gasteiger partial charge in [0.25, 0.3) is 5.56 Å². The van der Waals surface area contributed by atoms with Crippen LogP contribution in [0.1, 0.15) is 35.7 Å². The summed E-state index contributed by atoms with van der Waals surface area (Å²) in [5.74, 6) is 1.53. The highest BCUT2D eigenvalue weighted by Gasteiger charge is 2.26. The molecule has 1 saturated heterocycles. The van der Waals surface area contributed by atoms with Crippen molar-refractivity contribution in [3.8, 4) is 11.4 Å². The molecule has 0 spiro atoms. The van der Waals surface area contributed by atoms with Gasteiger partial charge >= 0.3 is 0 Å². The Morgan fingerprint density at radius 3 is 2.62 bits per heavy atom. The number of nitrogens with zero attached hydrogens (tertiary/aromatic N) is 3. The maximum Gasteiger partial charge on any atom is 0.254 e. The van der Waals surface area contributed by atoms with Crippen LogP contribution in [0.25, 0.3) is 11.4 Å². The number of hydrogen-bond donors (Lipinski definition) is 1. The average molecular weight is 346 g/mol. The van der Waals surface area contributed by atoms with Crippen LogP contribution in [0.4, 0.5) is 5.82 Å². The fourth-order valence-electron chi connectivity index (χ4n) is 3.54. The van der Waals surface area contributed by atoms with Gasteiger partial charge in [0.05, 0.1) is 6.04 Å². The molecule has 1 aliphatic rings. The van der Waals surface area contributed by atoms with Gasteiger partial charge in [-0.05, 0) is 44.4 Å². The third-order valence-corrected chi connectivity index (χ3v) is 5.15. The second-order valence-corrected chi connectivity index (χ2v) is 6.79. The number of benzene rings is 1. The first-order valence-electron chi connectivity index (χ1n) is 8.99. The molecule has 0 radical (unpaired) electrons. The number of nitrogens with one attached hydrogen (secondary N) is 1. The van der Waals surface area contributed by atoms with Crippen LogP contribution < -0.4 is 10.5 Å². The van der Waals surface area contributed by atoms with Crippen LogP contribution in [0.3, 0.4) is 0 Å². The van der Waals surface area contributed by atoms with Crippen LogP contribution in [0.2, 0.25) is 0 Å². The lowest BCUT2D eigenvalue weighted by molar-refractivity contribution is 0.712. The fourth-order valence-corrected chi connectivity index (χ4v) is 3.54. The monoisotopic (exact) mass is 346 g/mol. The van der Waals surface area contributed by atoms with Gasteiger partial charge in [0.1, 0.15) is 11.6 Å². The van der Waals surface area contributed by atoms with Crippen LogP contribution in [0, 0.1) is 13.8 Å². The molecule has 1 aromatic carbocycles. The zero-order valence-electron chi connectivity index (χ0n) is 15.1. The van der Waals surface area contributed by atoms with Crippen LogP contribution in [0.15, 0.2) is 53.5 Å². The molecule has 0 saturated carbocycles. The van der Waals surface area contributed by atoms with Crippen molar-refractivity contribution in [2.24, 2.45) is 0 Å². The molecule has 4 rings (SSSR count). The molecule has 0 bridgehead atoms. The van der Waals surface area contributed by atoms with Crippen LogP contribution >= 0.6 is 0 Å². The van der Waals surface area contributed by atoms with E-state index >= 15 is 0 Å². The Morgan fingerprint density at radius 2 is 1.92 bits per heavy atom. The Hall–Kier alpha value is -2.95. The van der Waals surface area contributed by atoms with E-state index in [9.17, 15) is 4.79 Å². The molecule has 0 aliphatic carbocycles. The van der Waals surface area contributed by atoms with E-state index in [0.29, 0.717) is 17.4 Å². The Morgan fingerprint density at radius 1 is 1.12 bits per heavy atom. The number of hydrogen-bond acceptors (Lipinski definition) is 4. The van der Waals surface area contributed by atoms with Gasteiger partial charge in [0, 0.05) is 29.6 Å². The third-order valence-electron chi connectivity index (χ3n) is 5.15. The summed E-state index contributed by atoms with van der Waals surface area (Å²) >= 11 is 0. The smallest absolute Gasteiger partial charge is 0.254 e. The van der Waals surface area contributed by atoms with E-state index in [4.69, 9.17) is 0 Å². The first-order chi connectivity index (χ1) is 12.6. The lowest BCUT2D eigenvalue weighted by Crippen LogP contribution is -2.23. The van der Waals surface area contributed by atoms with E-state index in [2.05, 4.69) is 44.1 Å².